The van der Waals surface area contributed by atoms with Crippen molar-refractivity contribution in [2.75, 3.05) is 34.9 Å². The Morgan fingerprint density at radius 2 is 1.39 bits per heavy atom. The minimum atomic E-state index is -0.579. The summed E-state index contributed by atoms with van der Waals surface area (Å²) in [5.74, 6) is -0.819. The Kier molecular flexibility index (Phi) is 8.99. The topological polar surface area (TPSA) is 138 Å². The van der Waals surface area contributed by atoms with E-state index in [9.17, 15) is 19.2 Å². The first-order valence-electron chi connectivity index (χ1n) is 11.1. The number of para-hydroxylation sites is 1. The number of carbonyl (C=O) groups excluding carboxylic acids is 4. The quantitative estimate of drug-likeness (QED) is 0.303. The Balaban J connectivity index is 1.48. The van der Waals surface area contributed by atoms with Crippen molar-refractivity contribution in [1.82, 2.24) is 5.32 Å². The molecule has 10 heteroatoms. The molecular weight excluding hydrogens is 462 g/mol. The van der Waals surface area contributed by atoms with E-state index in [1.165, 1.54) is 7.11 Å². The van der Waals surface area contributed by atoms with Crippen LogP contribution in [-0.2, 0) is 20.7 Å². The Hall–Kier alpha value is -4.86. The summed E-state index contributed by atoms with van der Waals surface area (Å²) in [6.45, 7) is 1.65. The molecule has 0 saturated heterocycles. The number of hydrogen-bond acceptors (Lipinski definition) is 5. The SMILES string of the molecule is COC(=O)CNC(=O)Nc1cccc(NC(=O)Cc2ccc(NC(=O)Nc3ccccc3C)cc2)c1. The van der Waals surface area contributed by atoms with Gasteiger partial charge < -0.3 is 31.3 Å². The third kappa shape index (κ3) is 8.17. The van der Waals surface area contributed by atoms with Crippen LogP contribution in [0.2, 0.25) is 0 Å². The van der Waals surface area contributed by atoms with E-state index < -0.39 is 12.0 Å². The average molecular weight is 490 g/mol. The largest absolute Gasteiger partial charge is 0.468 e. The summed E-state index contributed by atoms with van der Waals surface area (Å²) < 4.78 is 4.46. The van der Waals surface area contributed by atoms with Gasteiger partial charge in [0.25, 0.3) is 0 Å². The molecule has 10 nitrogen and oxygen atoms in total. The average Bonchev–Trinajstić information content (AvgIpc) is 2.85. The number of amides is 5. The van der Waals surface area contributed by atoms with Crippen molar-refractivity contribution in [2.45, 2.75) is 13.3 Å². The predicted molar refractivity (Wildman–Crippen MR) is 138 cm³/mol. The predicted octanol–water partition coefficient (Wildman–Crippen LogP) is 4.11. The highest BCUT2D eigenvalue weighted by atomic mass is 16.5. The van der Waals surface area contributed by atoms with E-state index in [0.29, 0.717) is 17.1 Å². The van der Waals surface area contributed by atoms with Crippen molar-refractivity contribution in [3.8, 4) is 0 Å². The molecule has 3 aromatic rings. The van der Waals surface area contributed by atoms with Gasteiger partial charge in [0.2, 0.25) is 5.91 Å². The van der Waals surface area contributed by atoms with Gasteiger partial charge in [-0.2, -0.15) is 0 Å². The number of rotatable bonds is 8. The number of carbonyl (C=O) groups is 4. The fraction of sp³-hybridized carbons (Fsp3) is 0.154. The van der Waals surface area contributed by atoms with Crippen molar-refractivity contribution >= 4 is 46.7 Å². The van der Waals surface area contributed by atoms with Crippen molar-refractivity contribution in [1.29, 1.82) is 0 Å². The maximum absolute atomic E-state index is 12.5. The number of urea groups is 2. The highest BCUT2D eigenvalue weighted by Crippen LogP contribution is 2.17. The first-order chi connectivity index (χ1) is 17.3. The van der Waals surface area contributed by atoms with Crippen LogP contribution in [0.4, 0.5) is 32.3 Å². The molecule has 186 valence electrons. The molecule has 0 aromatic heterocycles. The van der Waals surface area contributed by atoms with Gasteiger partial charge in [-0.25, -0.2) is 9.59 Å². The summed E-state index contributed by atoms with van der Waals surface area (Å²) in [5.41, 5.74) is 3.97. The van der Waals surface area contributed by atoms with Crippen molar-refractivity contribution in [3.63, 3.8) is 0 Å². The molecule has 0 fully saturated rings. The molecule has 0 atom stereocenters. The molecule has 5 N–H and O–H groups in total. The lowest BCUT2D eigenvalue weighted by atomic mass is 10.1. The van der Waals surface area contributed by atoms with Gasteiger partial charge in [-0.15, -0.1) is 0 Å². The second-order valence-electron chi connectivity index (χ2n) is 7.78. The number of benzene rings is 3. The van der Waals surface area contributed by atoms with Gasteiger partial charge in [-0.1, -0.05) is 36.4 Å². The number of anilines is 4. The minimum Gasteiger partial charge on any atom is -0.468 e. The van der Waals surface area contributed by atoms with E-state index in [1.54, 1.807) is 48.5 Å². The highest BCUT2D eigenvalue weighted by Gasteiger charge is 2.09. The zero-order valence-corrected chi connectivity index (χ0v) is 19.9. The van der Waals surface area contributed by atoms with E-state index in [-0.39, 0.29) is 24.9 Å². The Morgan fingerprint density at radius 3 is 2.08 bits per heavy atom. The molecule has 0 radical (unpaired) electrons. The Bertz CT molecular complexity index is 1240. The van der Waals surface area contributed by atoms with Gasteiger partial charge >= 0.3 is 18.0 Å². The second kappa shape index (κ2) is 12.6. The highest BCUT2D eigenvalue weighted by molar-refractivity contribution is 6.00. The molecule has 0 aliphatic carbocycles. The molecule has 0 unspecified atom stereocenters. The van der Waals surface area contributed by atoms with E-state index in [4.69, 9.17) is 0 Å². The van der Waals surface area contributed by atoms with Gasteiger partial charge in [0.15, 0.2) is 0 Å². The van der Waals surface area contributed by atoms with Gasteiger partial charge in [-0.05, 0) is 54.4 Å². The van der Waals surface area contributed by atoms with E-state index in [0.717, 1.165) is 16.8 Å². The molecular formula is C26H27N5O5. The molecule has 0 bridgehead atoms. The number of esters is 1. The standard InChI is InChI=1S/C26H27N5O5/c1-17-6-3-4-9-22(17)31-26(35)29-19-12-10-18(11-13-19)14-23(32)28-20-7-5-8-21(15-20)30-25(34)27-16-24(33)36-2/h3-13,15H,14,16H2,1-2H3,(H,28,32)(H2,27,30,34)(H2,29,31,35). The number of methoxy groups -OCH3 is 1. The van der Waals surface area contributed by atoms with Crippen LogP contribution in [0.1, 0.15) is 11.1 Å². The first kappa shape index (κ1) is 25.8. The molecule has 0 heterocycles. The second-order valence-corrected chi connectivity index (χ2v) is 7.78. The summed E-state index contributed by atoms with van der Waals surface area (Å²) in [5, 5.41) is 13.3. The fourth-order valence-corrected chi connectivity index (χ4v) is 3.17. The lowest BCUT2D eigenvalue weighted by Crippen LogP contribution is -2.33. The van der Waals surface area contributed by atoms with Crippen molar-refractivity contribution < 1.29 is 23.9 Å². The molecule has 3 rings (SSSR count). The third-order valence-electron chi connectivity index (χ3n) is 4.99. The van der Waals surface area contributed by atoms with Crippen LogP contribution in [0.25, 0.3) is 0 Å². The molecule has 0 spiro atoms. The van der Waals surface area contributed by atoms with E-state index >= 15 is 0 Å². The first-order valence-corrected chi connectivity index (χ1v) is 11.1. The summed E-state index contributed by atoms with van der Waals surface area (Å²) in [6, 6.07) is 20.1. The van der Waals surface area contributed by atoms with Gasteiger partial charge in [-0.3, -0.25) is 9.59 Å². The Labute approximate surface area is 208 Å². The maximum Gasteiger partial charge on any atom is 0.325 e. The fourth-order valence-electron chi connectivity index (χ4n) is 3.17. The third-order valence-corrected chi connectivity index (χ3v) is 4.99. The molecule has 36 heavy (non-hydrogen) atoms. The van der Waals surface area contributed by atoms with E-state index in [1.807, 2.05) is 31.2 Å². The van der Waals surface area contributed by atoms with Crippen molar-refractivity contribution in [2.24, 2.45) is 0 Å². The number of aryl methyl sites for hydroxylation is 1. The molecule has 0 aliphatic heterocycles. The zero-order valence-electron chi connectivity index (χ0n) is 19.9. The van der Waals surface area contributed by atoms with Gasteiger partial charge in [0.1, 0.15) is 6.54 Å². The zero-order chi connectivity index (χ0) is 25.9. The maximum atomic E-state index is 12.5. The molecule has 0 aliphatic rings. The van der Waals surface area contributed by atoms with E-state index in [2.05, 4.69) is 31.3 Å². The minimum absolute atomic E-state index is 0.118. The summed E-state index contributed by atoms with van der Waals surface area (Å²) in [4.78, 5) is 47.7. The van der Waals surface area contributed by atoms with Crippen LogP contribution in [0, 0.1) is 6.92 Å². The normalized spacial score (nSPS) is 10.1. The molecule has 0 saturated carbocycles. The molecule has 5 amide bonds. The molecule has 3 aromatic carbocycles. The summed E-state index contributed by atoms with van der Waals surface area (Å²) >= 11 is 0. The number of ether oxygens (including phenoxy) is 1. The van der Waals surface area contributed by atoms with Crippen molar-refractivity contribution in [3.05, 3.63) is 83.9 Å². The summed E-state index contributed by atoms with van der Waals surface area (Å²) in [7, 11) is 1.23. The smallest absolute Gasteiger partial charge is 0.325 e. The monoisotopic (exact) mass is 489 g/mol. The Morgan fingerprint density at radius 1 is 0.722 bits per heavy atom. The lowest BCUT2D eigenvalue weighted by molar-refractivity contribution is -0.139. The van der Waals surface area contributed by atoms with Crippen LogP contribution in [-0.4, -0.2) is 37.6 Å². The van der Waals surface area contributed by atoms with Gasteiger partial charge in [0.05, 0.1) is 13.5 Å². The van der Waals surface area contributed by atoms with Crippen LogP contribution in [0.5, 0.6) is 0 Å². The van der Waals surface area contributed by atoms with Crippen LogP contribution in [0.15, 0.2) is 72.8 Å². The van der Waals surface area contributed by atoms with Crippen LogP contribution >= 0.6 is 0 Å². The number of hydrogen-bond donors (Lipinski definition) is 5. The lowest BCUT2D eigenvalue weighted by Gasteiger charge is -2.11. The van der Waals surface area contributed by atoms with Gasteiger partial charge in [0, 0.05) is 22.7 Å². The van der Waals surface area contributed by atoms with Crippen LogP contribution < -0.4 is 26.6 Å². The summed E-state index contributed by atoms with van der Waals surface area (Å²) in [6.07, 6.45) is 0.118. The number of nitrogens with one attached hydrogen (secondary N) is 5. The van der Waals surface area contributed by atoms with Crippen LogP contribution in [0.3, 0.4) is 0 Å².